The summed E-state index contributed by atoms with van der Waals surface area (Å²) in [5, 5.41) is 14.8. The van der Waals surface area contributed by atoms with Crippen molar-refractivity contribution in [1.82, 2.24) is 4.98 Å². The van der Waals surface area contributed by atoms with Gasteiger partial charge >= 0.3 is 5.97 Å². The third-order valence-corrected chi connectivity index (χ3v) is 5.69. The lowest BCUT2D eigenvalue weighted by molar-refractivity contribution is 0.0698. The Kier molecular flexibility index (Phi) is 5.81. The van der Waals surface area contributed by atoms with Gasteiger partial charge in [0.1, 0.15) is 18.1 Å². The number of fused-ring (bicyclic) bond motifs is 1. The van der Waals surface area contributed by atoms with Crippen LogP contribution >= 0.6 is 11.3 Å². The van der Waals surface area contributed by atoms with E-state index in [1.54, 1.807) is 61.8 Å². The van der Waals surface area contributed by atoms with Gasteiger partial charge < -0.3 is 19.9 Å². The van der Waals surface area contributed by atoms with Crippen molar-refractivity contribution >= 4 is 39.0 Å². The first-order valence-corrected chi connectivity index (χ1v) is 10.2. The van der Waals surface area contributed by atoms with Crippen LogP contribution in [0.15, 0.2) is 66.3 Å². The third-order valence-electron chi connectivity index (χ3n) is 4.61. The molecule has 7 nitrogen and oxygen atoms in total. The van der Waals surface area contributed by atoms with Crippen molar-refractivity contribution in [1.29, 1.82) is 0 Å². The zero-order chi connectivity index (χ0) is 21.8. The van der Waals surface area contributed by atoms with E-state index in [-0.39, 0.29) is 18.1 Å². The highest BCUT2D eigenvalue weighted by molar-refractivity contribution is 7.17. The topological polar surface area (TPSA) is 97.8 Å². The van der Waals surface area contributed by atoms with Crippen molar-refractivity contribution in [3.63, 3.8) is 0 Å². The molecule has 0 aliphatic rings. The smallest absolute Gasteiger partial charge is 0.338 e. The van der Waals surface area contributed by atoms with Gasteiger partial charge in [0, 0.05) is 40.7 Å². The van der Waals surface area contributed by atoms with Gasteiger partial charge in [-0.05, 0) is 35.7 Å². The fourth-order valence-corrected chi connectivity index (χ4v) is 4.09. The summed E-state index contributed by atoms with van der Waals surface area (Å²) < 4.78 is 11.7. The van der Waals surface area contributed by atoms with Gasteiger partial charge in [-0.25, -0.2) is 4.79 Å². The Hall–Kier alpha value is -3.91. The molecule has 4 rings (SSSR count). The fourth-order valence-electron chi connectivity index (χ4n) is 3.05. The maximum absolute atomic E-state index is 12.5. The number of nitrogens with one attached hydrogen (secondary N) is 1. The Bertz CT molecular complexity index is 1270. The first kappa shape index (κ1) is 20.4. The highest BCUT2D eigenvalue weighted by atomic mass is 32.1. The van der Waals surface area contributed by atoms with Gasteiger partial charge in [0.05, 0.1) is 17.4 Å². The maximum atomic E-state index is 12.5. The highest BCUT2D eigenvalue weighted by Gasteiger charge is 2.14. The molecule has 8 heteroatoms. The molecular weight excluding hydrogens is 416 g/mol. The summed E-state index contributed by atoms with van der Waals surface area (Å²) in [5.74, 6) is -0.0857. The SMILES string of the molecule is COc1cccc(C(=O)Nc2cccc(OCc3csc4c(C(=O)O)cncc34)c2)c1. The molecule has 0 saturated carbocycles. The minimum Gasteiger partial charge on any atom is -0.497 e. The lowest BCUT2D eigenvalue weighted by atomic mass is 10.2. The molecule has 0 aliphatic carbocycles. The predicted molar refractivity (Wildman–Crippen MR) is 118 cm³/mol. The molecule has 0 saturated heterocycles. The normalized spacial score (nSPS) is 10.6. The van der Waals surface area contributed by atoms with E-state index in [9.17, 15) is 14.7 Å². The molecule has 0 radical (unpaired) electrons. The second-order valence-corrected chi connectivity index (χ2v) is 7.51. The Balaban J connectivity index is 1.47. The van der Waals surface area contributed by atoms with Crippen molar-refractivity contribution in [2.75, 3.05) is 12.4 Å². The largest absolute Gasteiger partial charge is 0.497 e. The molecule has 0 fully saturated rings. The van der Waals surface area contributed by atoms with E-state index in [0.29, 0.717) is 27.4 Å². The number of aromatic carboxylic acids is 1. The van der Waals surface area contributed by atoms with Crippen LogP contribution in [0.4, 0.5) is 5.69 Å². The minimum absolute atomic E-state index is 0.177. The van der Waals surface area contributed by atoms with E-state index in [1.165, 1.54) is 17.5 Å². The van der Waals surface area contributed by atoms with Crippen LogP contribution in [-0.4, -0.2) is 29.1 Å². The van der Waals surface area contributed by atoms with Gasteiger partial charge in [-0.3, -0.25) is 9.78 Å². The Labute approximate surface area is 181 Å². The third kappa shape index (κ3) is 4.49. The number of thiophene rings is 1. The van der Waals surface area contributed by atoms with Crippen LogP contribution < -0.4 is 14.8 Å². The van der Waals surface area contributed by atoms with Gasteiger partial charge in [0.15, 0.2) is 0 Å². The van der Waals surface area contributed by atoms with E-state index in [4.69, 9.17) is 9.47 Å². The number of ether oxygens (including phenoxy) is 2. The fraction of sp³-hybridized carbons (Fsp3) is 0.0870. The second kappa shape index (κ2) is 8.85. The van der Waals surface area contributed by atoms with Crippen molar-refractivity contribution in [3.8, 4) is 11.5 Å². The van der Waals surface area contributed by atoms with E-state index in [2.05, 4.69) is 10.3 Å². The summed E-state index contributed by atoms with van der Waals surface area (Å²) in [7, 11) is 1.55. The van der Waals surface area contributed by atoms with Crippen LogP contribution in [0.2, 0.25) is 0 Å². The molecule has 1 amide bonds. The number of carbonyl (C=O) groups excluding carboxylic acids is 1. The number of benzene rings is 2. The number of anilines is 1. The average molecular weight is 434 g/mol. The Morgan fingerprint density at radius 3 is 2.71 bits per heavy atom. The number of amides is 1. The lowest BCUT2D eigenvalue weighted by Gasteiger charge is -2.10. The molecule has 0 spiro atoms. The monoisotopic (exact) mass is 434 g/mol. The van der Waals surface area contributed by atoms with E-state index >= 15 is 0 Å². The predicted octanol–water partition coefficient (Wildman–Crippen LogP) is 4.83. The molecule has 0 unspecified atom stereocenters. The number of methoxy groups -OCH3 is 1. The molecule has 0 aliphatic heterocycles. The van der Waals surface area contributed by atoms with E-state index < -0.39 is 5.97 Å². The maximum Gasteiger partial charge on any atom is 0.338 e. The van der Waals surface area contributed by atoms with Crippen LogP contribution in [0.3, 0.4) is 0 Å². The number of carboxylic acid groups (broad SMARTS) is 1. The number of hydrogen-bond donors (Lipinski definition) is 2. The summed E-state index contributed by atoms with van der Waals surface area (Å²) in [5.41, 5.74) is 2.10. The second-order valence-electron chi connectivity index (χ2n) is 6.63. The number of hydrogen-bond acceptors (Lipinski definition) is 6. The summed E-state index contributed by atoms with van der Waals surface area (Å²) in [6.45, 7) is 0.248. The molecule has 2 N–H and O–H groups in total. The summed E-state index contributed by atoms with van der Waals surface area (Å²) in [6.07, 6.45) is 2.99. The number of aromatic nitrogens is 1. The summed E-state index contributed by atoms with van der Waals surface area (Å²) >= 11 is 1.35. The molecule has 156 valence electrons. The van der Waals surface area contributed by atoms with Crippen molar-refractivity contribution in [2.24, 2.45) is 0 Å². The Morgan fingerprint density at radius 2 is 1.90 bits per heavy atom. The number of rotatable bonds is 7. The van der Waals surface area contributed by atoms with Gasteiger partial charge in [-0.2, -0.15) is 0 Å². The molecule has 4 aromatic rings. The van der Waals surface area contributed by atoms with E-state index in [1.807, 2.05) is 5.38 Å². The molecule has 2 aromatic carbocycles. The molecule has 2 aromatic heterocycles. The van der Waals surface area contributed by atoms with Gasteiger partial charge in [-0.15, -0.1) is 11.3 Å². The number of carboxylic acids is 1. The molecule has 2 heterocycles. The quantitative estimate of drug-likeness (QED) is 0.432. The molecule has 31 heavy (non-hydrogen) atoms. The number of carbonyl (C=O) groups is 2. The van der Waals surface area contributed by atoms with Crippen molar-refractivity contribution in [2.45, 2.75) is 6.61 Å². The first-order chi connectivity index (χ1) is 15.0. The zero-order valence-electron chi connectivity index (χ0n) is 16.5. The van der Waals surface area contributed by atoms with E-state index in [0.717, 1.165) is 10.9 Å². The van der Waals surface area contributed by atoms with Crippen molar-refractivity contribution < 1.29 is 24.2 Å². The molecule has 0 atom stereocenters. The number of nitrogens with zero attached hydrogens (tertiary/aromatic N) is 1. The van der Waals surface area contributed by atoms with Gasteiger partial charge in [0.25, 0.3) is 5.91 Å². The summed E-state index contributed by atoms with van der Waals surface area (Å²) in [4.78, 5) is 27.9. The van der Waals surface area contributed by atoms with Crippen LogP contribution in [0.1, 0.15) is 26.3 Å². The van der Waals surface area contributed by atoms with Crippen LogP contribution in [0.25, 0.3) is 10.1 Å². The summed E-state index contributed by atoms with van der Waals surface area (Å²) in [6, 6.07) is 14.0. The van der Waals surface area contributed by atoms with Crippen LogP contribution in [0.5, 0.6) is 11.5 Å². The minimum atomic E-state index is -1.01. The first-order valence-electron chi connectivity index (χ1n) is 9.31. The molecule has 0 bridgehead atoms. The number of pyridine rings is 1. The Morgan fingerprint density at radius 1 is 1.10 bits per heavy atom. The van der Waals surface area contributed by atoms with Crippen LogP contribution in [-0.2, 0) is 6.61 Å². The average Bonchev–Trinajstić information content (AvgIpc) is 3.21. The van der Waals surface area contributed by atoms with Crippen molar-refractivity contribution in [3.05, 3.63) is 83.0 Å². The lowest BCUT2D eigenvalue weighted by Crippen LogP contribution is -2.12. The van der Waals surface area contributed by atoms with Crippen LogP contribution in [0, 0.1) is 0 Å². The molecular formula is C23H18N2O5S. The van der Waals surface area contributed by atoms with Gasteiger partial charge in [0.2, 0.25) is 0 Å². The van der Waals surface area contributed by atoms with Gasteiger partial charge in [-0.1, -0.05) is 12.1 Å². The highest BCUT2D eigenvalue weighted by Crippen LogP contribution is 2.29. The zero-order valence-corrected chi connectivity index (χ0v) is 17.3. The standard InChI is InChI=1S/C23H18N2O5S/c1-29-17-6-2-4-14(8-17)22(26)25-16-5-3-7-18(9-16)30-12-15-13-31-21-19(15)10-24-11-20(21)23(27)28/h2-11,13H,12H2,1H3,(H,25,26)(H,27,28).